The van der Waals surface area contributed by atoms with Gasteiger partial charge in [0.2, 0.25) is 0 Å². The van der Waals surface area contributed by atoms with Crippen LogP contribution in [0.2, 0.25) is 0 Å². The van der Waals surface area contributed by atoms with E-state index in [4.69, 9.17) is 5.73 Å². The molecule has 1 heterocycles. The summed E-state index contributed by atoms with van der Waals surface area (Å²) in [5, 5.41) is 9.53. The number of phenolic OH excluding ortho intramolecular Hbond substituents is 1. The monoisotopic (exact) mass is 267 g/mol. The molecule has 0 saturated heterocycles. The highest BCUT2D eigenvalue weighted by molar-refractivity contribution is 5.77. The molecule has 4 N–H and O–H groups in total. The van der Waals surface area contributed by atoms with Crippen molar-refractivity contribution in [1.29, 1.82) is 0 Å². The number of aromatic amines is 1. The standard InChI is InChI=1S/C16H17N3O/c1-16(2,10-3-5-11(17)6-4-10)15-18-13-8-7-12(20)9-14(13)19-15/h3-9,20H,17H2,1-2H3,(H,18,19). The Morgan fingerprint density at radius 2 is 1.80 bits per heavy atom. The third-order valence-electron chi connectivity index (χ3n) is 3.69. The number of rotatable bonds is 2. The second-order valence-corrected chi connectivity index (χ2v) is 5.53. The molecule has 3 rings (SSSR count). The molecule has 0 unspecified atom stereocenters. The Kier molecular flexibility index (Phi) is 2.67. The van der Waals surface area contributed by atoms with Gasteiger partial charge in [-0.2, -0.15) is 0 Å². The molecule has 0 atom stereocenters. The van der Waals surface area contributed by atoms with Crippen LogP contribution < -0.4 is 5.73 Å². The molecular formula is C16H17N3O. The Bertz CT molecular complexity index is 757. The predicted octanol–water partition coefficient (Wildman–Crippen LogP) is 3.18. The average molecular weight is 267 g/mol. The van der Waals surface area contributed by atoms with Crippen LogP contribution in [0.5, 0.6) is 5.75 Å². The minimum Gasteiger partial charge on any atom is -0.508 e. The summed E-state index contributed by atoms with van der Waals surface area (Å²) in [4.78, 5) is 7.91. The number of aromatic nitrogens is 2. The van der Waals surface area contributed by atoms with Gasteiger partial charge in [-0.1, -0.05) is 12.1 Å². The fraction of sp³-hybridized carbons (Fsp3) is 0.188. The average Bonchev–Trinajstić information content (AvgIpc) is 2.83. The number of hydrogen-bond donors (Lipinski definition) is 3. The summed E-state index contributed by atoms with van der Waals surface area (Å²) in [6.45, 7) is 4.21. The van der Waals surface area contributed by atoms with Crippen molar-refractivity contribution in [2.75, 3.05) is 5.73 Å². The molecule has 0 fully saturated rings. The van der Waals surface area contributed by atoms with Crippen molar-refractivity contribution in [2.24, 2.45) is 0 Å². The molecule has 0 aliphatic carbocycles. The number of benzene rings is 2. The number of aromatic hydroxyl groups is 1. The van der Waals surface area contributed by atoms with Crippen LogP contribution in [0, 0.1) is 0 Å². The van der Waals surface area contributed by atoms with E-state index in [1.807, 2.05) is 30.3 Å². The van der Waals surface area contributed by atoms with Crippen molar-refractivity contribution in [3.63, 3.8) is 0 Å². The number of nitrogen functional groups attached to an aromatic ring is 1. The van der Waals surface area contributed by atoms with Crippen molar-refractivity contribution in [3.8, 4) is 5.75 Å². The molecule has 4 heteroatoms. The molecule has 1 aromatic heterocycles. The Balaban J connectivity index is 2.10. The number of fused-ring (bicyclic) bond motifs is 1. The summed E-state index contributed by atoms with van der Waals surface area (Å²) in [5.41, 5.74) is 9.04. The smallest absolute Gasteiger partial charge is 0.117 e. The topological polar surface area (TPSA) is 74.9 Å². The predicted molar refractivity (Wildman–Crippen MR) is 80.7 cm³/mol. The summed E-state index contributed by atoms with van der Waals surface area (Å²) in [5.74, 6) is 1.10. The lowest BCUT2D eigenvalue weighted by Crippen LogP contribution is -2.20. The zero-order valence-corrected chi connectivity index (χ0v) is 11.5. The molecule has 20 heavy (non-hydrogen) atoms. The van der Waals surface area contributed by atoms with Gasteiger partial charge in [0.15, 0.2) is 0 Å². The first kappa shape index (κ1) is 12.5. The lowest BCUT2D eigenvalue weighted by atomic mass is 9.84. The van der Waals surface area contributed by atoms with Crippen molar-refractivity contribution >= 4 is 16.7 Å². The van der Waals surface area contributed by atoms with Gasteiger partial charge in [0, 0.05) is 17.2 Å². The normalized spacial score (nSPS) is 11.9. The van der Waals surface area contributed by atoms with Gasteiger partial charge in [-0.25, -0.2) is 4.98 Å². The number of H-pyrrole nitrogens is 1. The fourth-order valence-electron chi connectivity index (χ4n) is 2.33. The molecular weight excluding hydrogens is 250 g/mol. The zero-order chi connectivity index (χ0) is 14.3. The molecule has 0 radical (unpaired) electrons. The highest BCUT2D eigenvalue weighted by Crippen LogP contribution is 2.31. The lowest BCUT2D eigenvalue weighted by molar-refractivity contribution is 0.476. The van der Waals surface area contributed by atoms with Crippen LogP contribution in [-0.2, 0) is 5.41 Å². The van der Waals surface area contributed by atoms with Crippen molar-refractivity contribution in [3.05, 3.63) is 53.9 Å². The molecule has 0 saturated carbocycles. The summed E-state index contributed by atoms with van der Waals surface area (Å²) in [6, 6.07) is 13.0. The molecule has 0 aliphatic rings. The molecule has 0 aliphatic heterocycles. The van der Waals surface area contributed by atoms with E-state index in [0.29, 0.717) is 0 Å². The van der Waals surface area contributed by atoms with E-state index < -0.39 is 0 Å². The molecule has 0 spiro atoms. The van der Waals surface area contributed by atoms with Crippen LogP contribution in [0.25, 0.3) is 11.0 Å². The van der Waals surface area contributed by atoms with Gasteiger partial charge < -0.3 is 15.8 Å². The van der Waals surface area contributed by atoms with Crippen molar-refractivity contribution in [2.45, 2.75) is 19.3 Å². The van der Waals surface area contributed by atoms with Crippen molar-refractivity contribution < 1.29 is 5.11 Å². The third kappa shape index (κ3) is 1.99. The quantitative estimate of drug-likeness (QED) is 0.624. The summed E-state index contributed by atoms with van der Waals surface area (Å²) >= 11 is 0. The van der Waals surface area contributed by atoms with Gasteiger partial charge in [-0.3, -0.25) is 0 Å². The van der Waals surface area contributed by atoms with Gasteiger partial charge in [-0.15, -0.1) is 0 Å². The van der Waals surface area contributed by atoms with E-state index in [-0.39, 0.29) is 11.2 Å². The van der Waals surface area contributed by atoms with Crippen LogP contribution in [0.15, 0.2) is 42.5 Å². The van der Waals surface area contributed by atoms with Gasteiger partial charge in [0.1, 0.15) is 11.6 Å². The Hall–Kier alpha value is -2.49. The minimum atomic E-state index is -0.262. The number of hydrogen-bond acceptors (Lipinski definition) is 3. The Labute approximate surface area is 117 Å². The van der Waals surface area contributed by atoms with Gasteiger partial charge in [0.05, 0.1) is 11.0 Å². The van der Waals surface area contributed by atoms with Crippen LogP contribution in [0.3, 0.4) is 0 Å². The van der Waals surface area contributed by atoms with Gasteiger partial charge in [0.25, 0.3) is 0 Å². The molecule has 0 bridgehead atoms. The first-order valence-corrected chi connectivity index (χ1v) is 6.52. The largest absolute Gasteiger partial charge is 0.508 e. The maximum atomic E-state index is 9.53. The molecule has 0 amide bonds. The lowest BCUT2D eigenvalue weighted by Gasteiger charge is -2.22. The van der Waals surface area contributed by atoms with E-state index >= 15 is 0 Å². The number of nitrogens with zero attached hydrogens (tertiary/aromatic N) is 1. The van der Waals surface area contributed by atoms with Gasteiger partial charge >= 0.3 is 0 Å². The van der Waals surface area contributed by atoms with E-state index in [9.17, 15) is 5.11 Å². The van der Waals surface area contributed by atoms with E-state index in [2.05, 4.69) is 23.8 Å². The van der Waals surface area contributed by atoms with Crippen molar-refractivity contribution in [1.82, 2.24) is 9.97 Å². The van der Waals surface area contributed by atoms with Crippen LogP contribution in [0.1, 0.15) is 25.2 Å². The van der Waals surface area contributed by atoms with Crippen LogP contribution in [-0.4, -0.2) is 15.1 Å². The van der Waals surface area contributed by atoms with Crippen LogP contribution >= 0.6 is 0 Å². The summed E-state index contributed by atoms with van der Waals surface area (Å²) in [6.07, 6.45) is 0. The molecule has 4 nitrogen and oxygen atoms in total. The zero-order valence-electron chi connectivity index (χ0n) is 11.5. The highest BCUT2D eigenvalue weighted by Gasteiger charge is 2.26. The first-order valence-electron chi connectivity index (χ1n) is 6.52. The number of nitrogens with one attached hydrogen (secondary N) is 1. The molecule has 3 aromatic rings. The van der Waals surface area contributed by atoms with Gasteiger partial charge in [-0.05, 0) is 43.7 Å². The Morgan fingerprint density at radius 3 is 2.50 bits per heavy atom. The summed E-state index contributed by atoms with van der Waals surface area (Å²) < 4.78 is 0. The van der Waals surface area contributed by atoms with E-state index in [1.165, 1.54) is 0 Å². The fourth-order valence-corrected chi connectivity index (χ4v) is 2.33. The maximum Gasteiger partial charge on any atom is 0.117 e. The number of phenols is 1. The molecule has 102 valence electrons. The van der Waals surface area contributed by atoms with Crippen LogP contribution in [0.4, 0.5) is 5.69 Å². The van der Waals surface area contributed by atoms with E-state index in [1.54, 1.807) is 12.1 Å². The minimum absolute atomic E-state index is 0.234. The second kappa shape index (κ2) is 4.27. The second-order valence-electron chi connectivity index (χ2n) is 5.53. The van der Waals surface area contributed by atoms with E-state index in [0.717, 1.165) is 28.1 Å². The Morgan fingerprint density at radius 1 is 1.10 bits per heavy atom. The maximum absolute atomic E-state index is 9.53. The number of imidazole rings is 1. The first-order chi connectivity index (χ1) is 9.46. The SMILES string of the molecule is CC(C)(c1ccc(N)cc1)c1nc2ccc(O)cc2[nH]1. The highest BCUT2D eigenvalue weighted by atomic mass is 16.3. The number of nitrogens with two attached hydrogens (primary N) is 1. The summed E-state index contributed by atoms with van der Waals surface area (Å²) in [7, 11) is 0. The third-order valence-corrected chi connectivity index (χ3v) is 3.69. The number of anilines is 1. The molecule has 2 aromatic carbocycles.